The van der Waals surface area contributed by atoms with Crippen LogP contribution in [0.2, 0.25) is 0 Å². The van der Waals surface area contributed by atoms with E-state index in [-0.39, 0.29) is 6.61 Å². The summed E-state index contributed by atoms with van der Waals surface area (Å²) >= 11 is 0. The molecule has 0 saturated carbocycles. The second-order valence-corrected chi connectivity index (χ2v) is 3.43. The largest absolute Gasteiger partial charge is 0.479 e. The van der Waals surface area contributed by atoms with Crippen LogP contribution in [0, 0.1) is 0 Å². The summed E-state index contributed by atoms with van der Waals surface area (Å²) in [5.41, 5.74) is 0. The van der Waals surface area contributed by atoms with Crippen LogP contribution in [0.5, 0.6) is 0 Å². The third kappa shape index (κ3) is 3.61. The van der Waals surface area contributed by atoms with Crippen LogP contribution < -0.4 is 0 Å². The number of morpholine rings is 1. The number of hydrogen-bond donors (Lipinski definition) is 2. The molecule has 0 radical (unpaired) electrons. The molecule has 1 atom stereocenters. The molecule has 0 bridgehead atoms. The van der Waals surface area contributed by atoms with Gasteiger partial charge in [0.25, 0.3) is 0 Å². The molecule has 0 spiro atoms. The molecule has 5 heteroatoms. The molecule has 1 fully saturated rings. The average molecular weight is 203 g/mol. The zero-order chi connectivity index (χ0) is 10.4. The van der Waals surface area contributed by atoms with Crippen molar-refractivity contribution in [3.8, 4) is 0 Å². The van der Waals surface area contributed by atoms with Crippen molar-refractivity contribution < 1.29 is 19.7 Å². The summed E-state index contributed by atoms with van der Waals surface area (Å²) in [5, 5.41) is 17.3. The van der Waals surface area contributed by atoms with E-state index in [0.717, 1.165) is 25.9 Å². The lowest BCUT2D eigenvalue weighted by molar-refractivity contribution is -0.156. The number of unbranched alkanes of at least 4 members (excludes halogenated alkanes) is 1. The molecular formula is C9H17NO4. The van der Waals surface area contributed by atoms with E-state index in [1.54, 1.807) is 0 Å². The molecule has 1 saturated heterocycles. The van der Waals surface area contributed by atoms with E-state index in [4.69, 9.17) is 14.9 Å². The molecule has 0 amide bonds. The van der Waals surface area contributed by atoms with Gasteiger partial charge in [-0.25, -0.2) is 4.79 Å². The SMILES string of the molecule is O=C(O)C1CN(CCCCO)CCO1. The Kier molecular flexibility index (Phi) is 4.86. The van der Waals surface area contributed by atoms with Crippen LogP contribution in [-0.4, -0.2) is 60.0 Å². The average Bonchev–Trinajstić information content (AvgIpc) is 2.19. The maximum absolute atomic E-state index is 10.6. The molecule has 2 N–H and O–H groups in total. The first-order chi connectivity index (χ1) is 6.74. The number of rotatable bonds is 5. The maximum Gasteiger partial charge on any atom is 0.334 e. The highest BCUT2D eigenvalue weighted by atomic mass is 16.5. The third-order valence-electron chi connectivity index (χ3n) is 2.31. The van der Waals surface area contributed by atoms with Gasteiger partial charge >= 0.3 is 5.97 Å². The normalized spacial score (nSPS) is 23.6. The van der Waals surface area contributed by atoms with Gasteiger partial charge in [-0.2, -0.15) is 0 Å². The van der Waals surface area contributed by atoms with Gasteiger partial charge in [-0.15, -0.1) is 0 Å². The van der Waals surface area contributed by atoms with Gasteiger partial charge in [0, 0.05) is 19.7 Å². The lowest BCUT2D eigenvalue weighted by Gasteiger charge is -2.30. The van der Waals surface area contributed by atoms with Crippen molar-refractivity contribution >= 4 is 5.97 Å². The molecule has 5 nitrogen and oxygen atoms in total. The first-order valence-corrected chi connectivity index (χ1v) is 4.91. The number of nitrogens with zero attached hydrogens (tertiary/aromatic N) is 1. The summed E-state index contributed by atoms with van der Waals surface area (Å²) in [4.78, 5) is 12.7. The van der Waals surface area contributed by atoms with Crippen molar-refractivity contribution in [1.29, 1.82) is 0 Å². The Morgan fingerprint density at radius 2 is 2.29 bits per heavy atom. The van der Waals surface area contributed by atoms with Gasteiger partial charge in [0.1, 0.15) is 0 Å². The van der Waals surface area contributed by atoms with Gasteiger partial charge in [-0.1, -0.05) is 0 Å². The summed E-state index contributed by atoms with van der Waals surface area (Å²) in [6, 6.07) is 0. The van der Waals surface area contributed by atoms with Gasteiger partial charge in [0.05, 0.1) is 6.61 Å². The molecule has 1 unspecified atom stereocenters. The fourth-order valence-electron chi connectivity index (χ4n) is 1.50. The maximum atomic E-state index is 10.6. The lowest BCUT2D eigenvalue weighted by atomic mass is 10.2. The predicted octanol–water partition coefficient (Wildman–Crippen LogP) is -0.456. The van der Waals surface area contributed by atoms with Crippen molar-refractivity contribution in [2.24, 2.45) is 0 Å². The van der Waals surface area contributed by atoms with E-state index < -0.39 is 12.1 Å². The number of aliphatic hydroxyl groups excluding tert-OH is 1. The molecular weight excluding hydrogens is 186 g/mol. The number of carbonyl (C=O) groups is 1. The number of hydrogen-bond acceptors (Lipinski definition) is 4. The first-order valence-electron chi connectivity index (χ1n) is 4.91. The fraction of sp³-hybridized carbons (Fsp3) is 0.889. The van der Waals surface area contributed by atoms with Crippen LogP contribution in [0.1, 0.15) is 12.8 Å². The van der Waals surface area contributed by atoms with Gasteiger partial charge < -0.3 is 14.9 Å². The minimum Gasteiger partial charge on any atom is -0.479 e. The van der Waals surface area contributed by atoms with Crippen molar-refractivity contribution in [2.45, 2.75) is 18.9 Å². The summed E-state index contributed by atoms with van der Waals surface area (Å²) in [6.45, 7) is 2.77. The van der Waals surface area contributed by atoms with Gasteiger partial charge in [-0.3, -0.25) is 4.90 Å². The summed E-state index contributed by atoms with van der Waals surface area (Å²) in [6.07, 6.45) is 0.996. The first kappa shape index (κ1) is 11.4. The van der Waals surface area contributed by atoms with Gasteiger partial charge in [0.15, 0.2) is 6.10 Å². The lowest BCUT2D eigenvalue weighted by Crippen LogP contribution is -2.46. The Bertz CT molecular complexity index is 186. The molecule has 0 aromatic carbocycles. The second-order valence-electron chi connectivity index (χ2n) is 3.43. The molecule has 1 aliphatic rings. The number of carboxylic acids is 1. The molecule has 0 aromatic rings. The Balaban J connectivity index is 2.22. The minimum absolute atomic E-state index is 0.201. The smallest absolute Gasteiger partial charge is 0.334 e. The monoisotopic (exact) mass is 203 g/mol. The van der Waals surface area contributed by atoms with E-state index in [1.165, 1.54) is 0 Å². The highest BCUT2D eigenvalue weighted by Crippen LogP contribution is 2.06. The highest BCUT2D eigenvalue weighted by molar-refractivity contribution is 5.72. The topological polar surface area (TPSA) is 70.0 Å². The minimum atomic E-state index is -0.892. The Morgan fingerprint density at radius 3 is 2.93 bits per heavy atom. The molecule has 14 heavy (non-hydrogen) atoms. The highest BCUT2D eigenvalue weighted by Gasteiger charge is 2.25. The Labute approximate surface area is 83.3 Å². The third-order valence-corrected chi connectivity index (χ3v) is 2.31. The number of ether oxygens (including phenoxy) is 1. The molecule has 1 heterocycles. The van der Waals surface area contributed by atoms with Crippen molar-refractivity contribution in [3.63, 3.8) is 0 Å². The van der Waals surface area contributed by atoms with Crippen molar-refractivity contribution in [1.82, 2.24) is 4.90 Å². The Hall–Kier alpha value is -0.650. The standard InChI is InChI=1S/C9H17NO4/c11-5-2-1-3-10-4-6-14-8(7-10)9(12)13/h8,11H,1-7H2,(H,12,13). The van der Waals surface area contributed by atoms with E-state index >= 15 is 0 Å². The number of carboxylic acid groups (broad SMARTS) is 1. The van der Waals surface area contributed by atoms with Gasteiger partial charge in [-0.05, 0) is 19.4 Å². The van der Waals surface area contributed by atoms with Crippen molar-refractivity contribution in [3.05, 3.63) is 0 Å². The van der Waals surface area contributed by atoms with Crippen LogP contribution in [0.25, 0.3) is 0 Å². The van der Waals surface area contributed by atoms with Crippen LogP contribution >= 0.6 is 0 Å². The van der Waals surface area contributed by atoms with Crippen molar-refractivity contribution in [2.75, 3.05) is 32.8 Å². The van der Waals surface area contributed by atoms with Crippen LogP contribution in [-0.2, 0) is 9.53 Å². The quantitative estimate of drug-likeness (QED) is 0.592. The molecule has 1 aliphatic heterocycles. The zero-order valence-corrected chi connectivity index (χ0v) is 8.19. The van der Waals surface area contributed by atoms with E-state index in [1.807, 2.05) is 0 Å². The van der Waals surface area contributed by atoms with E-state index in [2.05, 4.69) is 4.90 Å². The van der Waals surface area contributed by atoms with Crippen LogP contribution in [0.15, 0.2) is 0 Å². The predicted molar refractivity (Wildman–Crippen MR) is 50.1 cm³/mol. The molecule has 0 aromatic heterocycles. The van der Waals surface area contributed by atoms with E-state index in [9.17, 15) is 4.79 Å². The molecule has 82 valence electrons. The fourth-order valence-corrected chi connectivity index (χ4v) is 1.50. The number of aliphatic carboxylic acids is 1. The summed E-state index contributed by atoms with van der Waals surface area (Å²) in [7, 11) is 0. The summed E-state index contributed by atoms with van der Waals surface area (Å²) < 4.78 is 5.09. The van der Waals surface area contributed by atoms with Crippen LogP contribution in [0.4, 0.5) is 0 Å². The Morgan fingerprint density at radius 1 is 1.50 bits per heavy atom. The summed E-state index contributed by atoms with van der Waals surface area (Å²) in [5.74, 6) is -0.892. The zero-order valence-electron chi connectivity index (χ0n) is 8.19. The second kappa shape index (κ2) is 5.95. The molecule has 1 rings (SSSR count). The van der Waals surface area contributed by atoms with Gasteiger partial charge in [0.2, 0.25) is 0 Å². The number of aliphatic hydroxyl groups is 1. The van der Waals surface area contributed by atoms with Crippen LogP contribution in [0.3, 0.4) is 0 Å². The van der Waals surface area contributed by atoms with E-state index in [0.29, 0.717) is 13.2 Å². The molecule has 0 aliphatic carbocycles.